The molecule has 5 nitrogen and oxygen atoms in total. The molecule has 2 aromatic carbocycles. The fraction of sp³-hybridized carbons (Fsp3) is 0.150. The van der Waals surface area contributed by atoms with E-state index in [-0.39, 0.29) is 20.8 Å². The molecule has 1 aromatic heterocycles. The first kappa shape index (κ1) is 20.2. The van der Waals surface area contributed by atoms with Crippen LogP contribution in [0.5, 0.6) is 0 Å². The maximum absolute atomic E-state index is 12.8. The van der Waals surface area contributed by atoms with Crippen molar-refractivity contribution >= 4 is 61.8 Å². The van der Waals surface area contributed by atoms with Crippen LogP contribution in [0.2, 0.25) is 10.0 Å². The minimum atomic E-state index is -3.90. The molecule has 1 aliphatic rings. The molecule has 0 saturated heterocycles. The molecule has 0 fully saturated rings. The molecule has 0 aliphatic carbocycles. The Morgan fingerprint density at radius 1 is 1.10 bits per heavy atom. The molecule has 1 N–H and O–H groups in total. The van der Waals surface area contributed by atoms with E-state index in [0.717, 1.165) is 24.1 Å². The zero-order valence-electron chi connectivity index (χ0n) is 15.1. The van der Waals surface area contributed by atoms with E-state index in [1.54, 1.807) is 29.2 Å². The summed E-state index contributed by atoms with van der Waals surface area (Å²) in [5, 5.41) is 2.24. The molecule has 0 unspecified atom stereocenters. The molecule has 150 valence electrons. The summed E-state index contributed by atoms with van der Waals surface area (Å²) in [5.41, 5.74) is 2.13. The quantitative estimate of drug-likeness (QED) is 0.555. The molecule has 9 heteroatoms. The van der Waals surface area contributed by atoms with E-state index in [0.29, 0.717) is 17.1 Å². The van der Waals surface area contributed by atoms with Crippen molar-refractivity contribution < 1.29 is 13.2 Å². The van der Waals surface area contributed by atoms with Crippen LogP contribution in [0.4, 0.5) is 11.4 Å². The summed E-state index contributed by atoms with van der Waals surface area (Å²) in [6, 6.07) is 13.1. The van der Waals surface area contributed by atoms with Crippen LogP contribution in [0, 0.1) is 0 Å². The van der Waals surface area contributed by atoms with Crippen molar-refractivity contribution in [3.8, 4) is 0 Å². The van der Waals surface area contributed by atoms with Crippen molar-refractivity contribution in [2.24, 2.45) is 0 Å². The number of thiophene rings is 1. The Bertz CT molecular complexity index is 1180. The molecule has 0 spiro atoms. The first-order valence-electron chi connectivity index (χ1n) is 8.81. The average Bonchev–Trinajstić information content (AvgIpc) is 3.23. The monoisotopic (exact) mass is 466 g/mol. The second-order valence-electron chi connectivity index (χ2n) is 6.56. The Balaban J connectivity index is 1.63. The third kappa shape index (κ3) is 4.14. The number of anilines is 2. The van der Waals surface area contributed by atoms with Gasteiger partial charge >= 0.3 is 0 Å². The van der Waals surface area contributed by atoms with Crippen LogP contribution < -0.4 is 9.62 Å². The number of nitrogens with one attached hydrogen (secondary N) is 1. The van der Waals surface area contributed by atoms with E-state index in [9.17, 15) is 13.2 Å². The predicted octanol–water partition coefficient (Wildman–Crippen LogP) is 5.45. The van der Waals surface area contributed by atoms with E-state index in [1.165, 1.54) is 29.5 Å². The summed E-state index contributed by atoms with van der Waals surface area (Å²) in [5.74, 6) is -0.0417. The molecule has 0 radical (unpaired) electrons. The molecular weight excluding hydrogens is 451 g/mol. The first-order valence-corrected chi connectivity index (χ1v) is 11.9. The number of benzene rings is 2. The minimum Gasteiger partial charge on any atom is -0.307 e. The number of halogens is 2. The Morgan fingerprint density at radius 3 is 2.69 bits per heavy atom. The van der Waals surface area contributed by atoms with Gasteiger partial charge in [-0.2, -0.15) is 0 Å². The number of hydrogen-bond donors (Lipinski definition) is 1. The van der Waals surface area contributed by atoms with Gasteiger partial charge in [-0.3, -0.25) is 9.52 Å². The van der Waals surface area contributed by atoms with Gasteiger partial charge in [-0.25, -0.2) is 8.42 Å². The predicted molar refractivity (Wildman–Crippen MR) is 118 cm³/mol. The van der Waals surface area contributed by atoms with E-state index in [4.69, 9.17) is 23.2 Å². The van der Waals surface area contributed by atoms with E-state index in [2.05, 4.69) is 4.72 Å². The second kappa shape index (κ2) is 7.99. The maximum atomic E-state index is 12.8. The summed E-state index contributed by atoms with van der Waals surface area (Å²) in [6.07, 6.45) is 1.57. The number of sulfonamides is 1. The van der Waals surface area contributed by atoms with Crippen molar-refractivity contribution in [1.82, 2.24) is 0 Å². The van der Waals surface area contributed by atoms with Gasteiger partial charge in [0.2, 0.25) is 0 Å². The molecule has 0 bridgehead atoms. The van der Waals surface area contributed by atoms with E-state index < -0.39 is 10.0 Å². The Morgan fingerprint density at radius 2 is 1.93 bits per heavy atom. The minimum absolute atomic E-state index is 0.0417. The van der Waals surface area contributed by atoms with Crippen LogP contribution in [0.3, 0.4) is 0 Å². The van der Waals surface area contributed by atoms with Crippen LogP contribution in [0.25, 0.3) is 0 Å². The van der Waals surface area contributed by atoms with Crippen molar-refractivity contribution in [3.63, 3.8) is 0 Å². The lowest BCUT2D eigenvalue weighted by atomic mass is 10.0. The lowest BCUT2D eigenvalue weighted by Gasteiger charge is -2.29. The number of carbonyl (C=O) groups excluding carboxylic acids is 1. The smallest absolute Gasteiger partial charge is 0.268 e. The first-order chi connectivity index (χ1) is 13.8. The van der Waals surface area contributed by atoms with Crippen LogP contribution in [0.1, 0.15) is 21.7 Å². The van der Waals surface area contributed by atoms with E-state index in [1.807, 2.05) is 11.4 Å². The summed E-state index contributed by atoms with van der Waals surface area (Å²) in [4.78, 5) is 15.1. The van der Waals surface area contributed by atoms with Gasteiger partial charge in [-0.15, -0.1) is 11.3 Å². The lowest BCUT2D eigenvalue weighted by molar-refractivity contribution is 0.0989. The van der Waals surface area contributed by atoms with Gasteiger partial charge in [-0.05, 0) is 66.2 Å². The molecule has 3 aromatic rings. The lowest BCUT2D eigenvalue weighted by Crippen LogP contribution is -2.35. The molecule has 4 rings (SSSR count). The van der Waals surface area contributed by atoms with Gasteiger partial charge in [0.1, 0.15) is 4.90 Å². The van der Waals surface area contributed by atoms with Crippen LogP contribution in [-0.4, -0.2) is 20.9 Å². The molecular formula is C20H16Cl2N2O3S2. The number of nitrogens with zero attached hydrogens (tertiary/aromatic N) is 1. The van der Waals surface area contributed by atoms with Gasteiger partial charge in [0.05, 0.1) is 9.90 Å². The molecule has 0 atom stereocenters. The number of fused-ring (bicyclic) bond motifs is 1. The van der Waals surface area contributed by atoms with Crippen molar-refractivity contribution in [2.45, 2.75) is 17.7 Å². The van der Waals surface area contributed by atoms with Gasteiger partial charge < -0.3 is 4.90 Å². The molecule has 29 heavy (non-hydrogen) atoms. The van der Waals surface area contributed by atoms with Crippen molar-refractivity contribution in [2.75, 3.05) is 16.2 Å². The topological polar surface area (TPSA) is 66.5 Å². The number of hydrogen-bond acceptors (Lipinski definition) is 4. The number of aryl methyl sites for hydroxylation is 1. The summed E-state index contributed by atoms with van der Waals surface area (Å²) in [6.45, 7) is 0.632. The largest absolute Gasteiger partial charge is 0.307 e. The van der Waals surface area contributed by atoms with Crippen LogP contribution in [0.15, 0.2) is 58.8 Å². The van der Waals surface area contributed by atoms with Gasteiger partial charge in [0, 0.05) is 22.9 Å². The second-order valence-corrected chi connectivity index (χ2v) is 10.0. The average molecular weight is 467 g/mol. The van der Waals surface area contributed by atoms with Gasteiger partial charge in [0.15, 0.2) is 0 Å². The number of carbonyl (C=O) groups is 1. The third-order valence-electron chi connectivity index (χ3n) is 4.61. The molecule has 0 saturated carbocycles. The fourth-order valence-electron chi connectivity index (χ4n) is 3.30. The number of rotatable bonds is 4. The zero-order chi connectivity index (χ0) is 20.6. The Labute approximate surface area is 182 Å². The highest BCUT2D eigenvalue weighted by Crippen LogP contribution is 2.33. The van der Waals surface area contributed by atoms with Crippen LogP contribution >= 0.6 is 34.5 Å². The fourth-order valence-corrected chi connectivity index (χ4v) is 5.78. The highest BCUT2D eigenvalue weighted by Gasteiger charge is 2.25. The number of amides is 1. The van der Waals surface area contributed by atoms with E-state index >= 15 is 0 Å². The normalized spacial score (nSPS) is 13.8. The Hall–Kier alpha value is -2.06. The van der Waals surface area contributed by atoms with Gasteiger partial charge in [0.25, 0.3) is 15.9 Å². The van der Waals surface area contributed by atoms with Crippen LogP contribution in [-0.2, 0) is 16.4 Å². The maximum Gasteiger partial charge on any atom is 0.268 e. The highest BCUT2D eigenvalue weighted by atomic mass is 35.5. The van der Waals surface area contributed by atoms with Gasteiger partial charge in [-0.1, -0.05) is 29.3 Å². The molecule has 1 aliphatic heterocycles. The molecule has 1 amide bonds. The summed E-state index contributed by atoms with van der Waals surface area (Å²) < 4.78 is 28.1. The SMILES string of the molecule is O=C(c1cccs1)N1CCCc2cc(NS(=O)(=O)c3cc(Cl)ccc3Cl)ccc21. The highest BCUT2D eigenvalue weighted by molar-refractivity contribution is 7.92. The van der Waals surface area contributed by atoms with Crippen molar-refractivity contribution in [1.29, 1.82) is 0 Å². The summed E-state index contributed by atoms with van der Waals surface area (Å²) >= 11 is 13.4. The standard InChI is InChI=1S/C20H16Cl2N2O3S2/c21-14-5-7-16(22)19(12-14)29(26,27)23-15-6-8-17-13(11-15)3-1-9-24(17)20(25)18-4-2-10-28-18/h2,4-8,10-12,23H,1,3,9H2. The summed E-state index contributed by atoms with van der Waals surface area (Å²) in [7, 11) is -3.90. The third-order valence-corrected chi connectivity index (χ3v) is 7.57. The van der Waals surface area contributed by atoms with Crippen molar-refractivity contribution in [3.05, 3.63) is 74.4 Å². The molecule has 2 heterocycles. The zero-order valence-corrected chi connectivity index (χ0v) is 18.2. The Kier molecular flexibility index (Phi) is 5.57.